The third kappa shape index (κ3) is 1.56. The molecule has 1 aromatic rings. The first kappa shape index (κ1) is 7.55. The van der Waals surface area contributed by atoms with Crippen LogP contribution in [0.15, 0.2) is 18.3 Å². The van der Waals surface area contributed by atoms with Gasteiger partial charge in [0.1, 0.15) is 6.20 Å². The fourth-order valence-corrected chi connectivity index (χ4v) is 1.30. The molecule has 63 valence electrons. The van der Waals surface area contributed by atoms with E-state index in [-0.39, 0.29) is 0 Å². The molecule has 0 N–H and O–H groups in total. The van der Waals surface area contributed by atoms with Gasteiger partial charge in [-0.3, -0.25) is 4.98 Å². The molecule has 0 aliphatic carbocycles. The third-order valence-corrected chi connectivity index (χ3v) is 1.95. The zero-order valence-electron chi connectivity index (χ0n) is 6.86. The monoisotopic (exact) mass is 163 g/mol. The number of pyridine rings is 1. The lowest BCUT2D eigenvalue weighted by Crippen LogP contribution is -2.36. The number of hydrogen-bond donors (Lipinski definition) is 0. The first-order valence-corrected chi connectivity index (χ1v) is 4.12. The highest BCUT2D eigenvalue weighted by molar-refractivity contribution is 5.42. The molecule has 0 aromatic carbocycles. The maximum atomic E-state index is 5.25. The van der Waals surface area contributed by atoms with Gasteiger partial charge in [0.05, 0.1) is 18.9 Å². The second-order valence-corrected chi connectivity index (χ2v) is 2.73. The quantitative estimate of drug-likeness (QED) is 0.610. The highest BCUT2D eigenvalue weighted by Gasteiger charge is 2.10. The topological polar surface area (TPSA) is 25.4 Å². The minimum atomic E-state index is 0.808. The largest absolute Gasteiger partial charge is 0.378 e. The first-order chi connectivity index (χ1) is 5.97. The molecule has 0 saturated carbocycles. The van der Waals surface area contributed by atoms with Crippen LogP contribution >= 0.6 is 0 Å². The minimum Gasteiger partial charge on any atom is -0.378 e. The Balaban J connectivity index is 2.08. The Hall–Kier alpha value is -1.09. The van der Waals surface area contributed by atoms with Crippen LogP contribution in [0.5, 0.6) is 0 Å². The minimum absolute atomic E-state index is 0.808. The summed E-state index contributed by atoms with van der Waals surface area (Å²) in [5.41, 5.74) is 1.07. The van der Waals surface area contributed by atoms with Crippen molar-refractivity contribution >= 4 is 5.69 Å². The fraction of sp³-hybridized carbons (Fsp3) is 0.444. The molecule has 1 aromatic heterocycles. The van der Waals surface area contributed by atoms with Crippen LogP contribution in [-0.2, 0) is 4.74 Å². The zero-order valence-corrected chi connectivity index (χ0v) is 6.86. The molecule has 1 aliphatic heterocycles. The molecule has 3 nitrogen and oxygen atoms in total. The molecule has 1 fully saturated rings. The van der Waals surface area contributed by atoms with Crippen molar-refractivity contribution in [3.05, 3.63) is 24.5 Å². The molecule has 12 heavy (non-hydrogen) atoms. The van der Waals surface area contributed by atoms with Gasteiger partial charge in [0.2, 0.25) is 0 Å². The first-order valence-electron chi connectivity index (χ1n) is 4.12. The van der Waals surface area contributed by atoms with Crippen LogP contribution in [-0.4, -0.2) is 31.3 Å². The number of anilines is 1. The summed E-state index contributed by atoms with van der Waals surface area (Å²) in [6.45, 7) is 3.51. The standard InChI is InChI=1S/C9H11N2O/c1-2-9(8-10-3-1)11-4-6-12-7-5-11/h1-3H,4-7H2. The number of rotatable bonds is 1. The molecule has 2 rings (SSSR count). The van der Waals surface area contributed by atoms with E-state index in [4.69, 9.17) is 4.74 Å². The van der Waals surface area contributed by atoms with E-state index in [2.05, 4.69) is 16.1 Å². The van der Waals surface area contributed by atoms with Gasteiger partial charge in [0.15, 0.2) is 0 Å². The van der Waals surface area contributed by atoms with Gasteiger partial charge in [-0.1, -0.05) is 0 Å². The predicted molar refractivity (Wildman–Crippen MR) is 46.1 cm³/mol. The molecule has 3 heteroatoms. The third-order valence-electron chi connectivity index (χ3n) is 1.95. The summed E-state index contributed by atoms with van der Waals surface area (Å²) in [5, 5.41) is 0. The normalized spacial score (nSPS) is 17.8. The summed E-state index contributed by atoms with van der Waals surface area (Å²) in [7, 11) is 0. The van der Waals surface area contributed by atoms with Gasteiger partial charge in [0, 0.05) is 19.3 Å². The molecule has 1 radical (unpaired) electrons. The van der Waals surface area contributed by atoms with Crippen LogP contribution in [0.3, 0.4) is 0 Å². The van der Waals surface area contributed by atoms with Crippen molar-refractivity contribution in [3.8, 4) is 0 Å². The van der Waals surface area contributed by atoms with Crippen LogP contribution in [0.4, 0.5) is 5.69 Å². The van der Waals surface area contributed by atoms with E-state index in [0.717, 1.165) is 32.0 Å². The highest BCUT2D eigenvalue weighted by Crippen LogP contribution is 2.11. The zero-order chi connectivity index (χ0) is 8.23. The van der Waals surface area contributed by atoms with E-state index in [9.17, 15) is 0 Å². The maximum Gasteiger partial charge on any atom is 0.114 e. The summed E-state index contributed by atoms with van der Waals surface area (Å²) in [6.07, 6.45) is 4.70. The van der Waals surface area contributed by atoms with Gasteiger partial charge in [-0.2, -0.15) is 0 Å². The van der Waals surface area contributed by atoms with Crippen molar-refractivity contribution in [2.24, 2.45) is 0 Å². The van der Waals surface area contributed by atoms with E-state index < -0.39 is 0 Å². The molecule has 1 aliphatic rings. The van der Waals surface area contributed by atoms with Crippen LogP contribution in [0.2, 0.25) is 0 Å². The Kier molecular flexibility index (Phi) is 2.23. The van der Waals surface area contributed by atoms with Crippen LogP contribution in [0.1, 0.15) is 0 Å². The number of nitrogens with zero attached hydrogens (tertiary/aromatic N) is 2. The predicted octanol–water partition coefficient (Wildman–Crippen LogP) is 0.718. The van der Waals surface area contributed by atoms with Gasteiger partial charge in [-0.05, 0) is 12.1 Å². The summed E-state index contributed by atoms with van der Waals surface area (Å²) in [4.78, 5) is 6.19. The number of ether oxygens (including phenoxy) is 1. The molecular formula is C9H11N2O. The Bertz CT molecular complexity index is 232. The van der Waals surface area contributed by atoms with E-state index in [1.807, 2.05) is 12.1 Å². The van der Waals surface area contributed by atoms with Crippen LogP contribution in [0, 0.1) is 6.20 Å². The second kappa shape index (κ2) is 3.54. The van der Waals surface area contributed by atoms with E-state index in [1.54, 1.807) is 6.20 Å². The van der Waals surface area contributed by atoms with Gasteiger partial charge in [-0.25, -0.2) is 0 Å². The Morgan fingerprint density at radius 2 is 2.25 bits per heavy atom. The average Bonchev–Trinajstić information content (AvgIpc) is 2.21. The van der Waals surface area contributed by atoms with Crippen molar-refractivity contribution in [2.75, 3.05) is 31.2 Å². The lowest BCUT2D eigenvalue weighted by Gasteiger charge is -2.27. The van der Waals surface area contributed by atoms with Crippen LogP contribution < -0.4 is 4.90 Å². The number of hydrogen-bond acceptors (Lipinski definition) is 3. The van der Waals surface area contributed by atoms with Crippen LogP contribution in [0.25, 0.3) is 0 Å². The summed E-state index contributed by atoms with van der Waals surface area (Å²) in [5.74, 6) is 0. The molecule has 1 saturated heterocycles. The van der Waals surface area contributed by atoms with Crippen molar-refractivity contribution < 1.29 is 4.74 Å². The lowest BCUT2D eigenvalue weighted by molar-refractivity contribution is 0.122. The Morgan fingerprint density at radius 3 is 2.92 bits per heavy atom. The Labute approximate surface area is 72.0 Å². The molecule has 0 spiro atoms. The maximum absolute atomic E-state index is 5.25. The average molecular weight is 163 g/mol. The lowest BCUT2D eigenvalue weighted by atomic mass is 10.3. The molecule has 0 unspecified atom stereocenters. The highest BCUT2D eigenvalue weighted by atomic mass is 16.5. The SMILES string of the molecule is [c]1ncccc1N1CCOCC1. The number of morpholine rings is 1. The van der Waals surface area contributed by atoms with Crippen molar-refractivity contribution in [3.63, 3.8) is 0 Å². The number of aromatic nitrogens is 1. The summed E-state index contributed by atoms with van der Waals surface area (Å²) in [6, 6.07) is 3.96. The van der Waals surface area contributed by atoms with Crippen molar-refractivity contribution in [2.45, 2.75) is 0 Å². The Morgan fingerprint density at radius 1 is 1.42 bits per heavy atom. The van der Waals surface area contributed by atoms with E-state index >= 15 is 0 Å². The van der Waals surface area contributed by atoms with Gasteiger partial charge in [0.25, 0.3) is 0 Å². The molecule has 0 atom stereocenters. The molecule has 2 heterocycles. The summed E-state index contributed by atoms with van der Waals surface area (Å²) < 4.78 is 5.25. The smallest absolute Gasteiger partial charge is 0.114 e. The fourth-order valence-electron chi connectivity index (χ4n) is 1.30. The molecular weight excluding hydrogens is 152 g/mol. The van der Waals surface area contributed by atoms with Gasteiger partial charge < -0.3 is 9.64 Å². The summed E-state index contributed by atoms with van der Waals surface area (Å²) >= 11 is 0. The van der Waals surface area contributed by atoms with Crippen molar-refractivity contribution in [1.82, 2.24) is 4.98 Å². The molecule has 0 amide bonds. The van der Waals surface area contributed by atoms with E-state index in [1.165, 1.54) is 0 Å². The van der Waals surface area contributed by atoms with Gasteiger partial charge >= 0.3 is 0 Å². The van der Waals surface area contributed by atoms with E-state index in [0.29, 0.717) is 0 Å². The second-order valence-electron chi connectivity index (χ2n) is 2.73. The molecule has 0 bridgehead atoms. The van der Waals surface area contributed by atoms with Gasteiger partial charge in [-0.15, -0.1) is 0 Å². The van der Waals surface area contributed by atoms with Crippen molar-refractivity contribution in [1.29, 1.82) is 0 Å².